The van der Waals surface area contributed by atoms with Gasteiger partial charge >= 0.3 is 6.18 Å². The second-order valence-corrected chi connectivity index (χ2v) is 7.44. The molecule has 1 aliphatic carbocycles. The van der Waals surface area contributed by atoms with E-state index in [-0.39, 0.29) is 36.6 Å². The topological polar surface area (TPSA) is 59.6 Å². The van der Waals surface area contributed by atoms with Crippen LogP contribution in [0, 0.1) is 5.92 Å². The summed E-state index contributed by atoms with van der Waals surface area (Å²) in [6, 6.07) is 4.98. The molecule has 3 aliphatic rings. The van der Waals surface area contributed by atoms with Gasteiger partial charge in [-0.1, -0.05) is 12.1 Å². The van der Waals surface area contributed by atoms with Crippen molar-refractivity contribution in [1.29, 1.82) is 0 Å². The van der Waals surface area contributed by atoms with E-state index < -0.39 is 17.3 Å². The van der Waals surface area contributed by atoms with Crippen molar-refractivity contribution >= 4 is 23.8 Å². The predicted octanol–water partition coefficient (Wildman–Crippen LogP) is 2.45. The molecule has 5 nitrogen and oxygen atoms in total. The third kappa shape index (κ3) is 4.36. The van der Waals surface area contributed by atoms with Crippen LogP contribution in [0.15, 0.2) is 30.3 Å². The average Bonchev–Trinajstić information content (AvgIpc) is 3.11. The normalized spacial score (nSPS) is 30.6. The van der Waals surface area contributed by atoms with Gasteiger partial charge in [0.05, 0.1) is 18.8 Å². The van der Waals surface area contributed by atoms with Gasteiger partial charge in [0.15, 0.2) is 5.78 Å². The molecule has 160 valence electrons. The molecule has 0 radical (unpaired) electrons. The van der Waals surface area contributed by atoms with Crippen molar-refractivity contribution in [3.63, 3.8) is 0 Å². The standard InChI is InChI=1S/C20H23F3N2O3.ClH/c21-20(22,23)14-3-1-13(2-4-14)16-9-15(26)10-17(16)19(12-25-6-8-28-19)18-11-24-5-7-27-18;/h1-4,9,17-18,24-25H,5-8,10-12H2;1H. The highest BCUT2D eigenvalue weighted by Crippen LogP contribution is 2.45. The van der Waals surface area contributed by atoms with Crippen LogP contribution in [0.5, 0.6) is 0 Å². The Labute approximate surface area is 173 Å². The van der Waals surface area contributed by atoms with Crippen molar-refractivity contribution in [2.45, 2.75) is 24.3 Å². The first kappa shape index (κ1) is 22.2. The van der Waals surface area contributed by atoms with Crippen molar-refractivity contribution in [2.24, 2.45) is 5.92 Å². The maximum absolute atomic E-state index is 12.9. The molecule has 29 heavy (non-hydrogen) atoms. The number of ether oxygens (including phenoxy) is 2. The molecule has 0 bridgehead atoms. The largest absolute Gasteiger partial charge is 0.416 e. The van der Waals surface area contributed by atoms with Gasteiger partial charge in [-0.2, -0.15) is 13.2 Å². The molecule has 2 saturated heterocycles. The van der Waals surface area contributed by atoms with Crippen LogP contribution in [0.25, 0.3) is 5.57 Å². The lowest BCUT2D eigenvalue weighted by molar-refractivity contribution is -0.182. The van der Waals surface area contributed by atoms with Crippen LogP contribution in [0.1, 0.15) is 17.5 Å². The molecule has 2 aliphatic heterocycles. The van der Waals surface area contributed by atoms with Crippen LogP contribution in [-0.2, 0) is 20.4 Å². The molecule has 1 aromatic rings. The van der Waals surface area contributed by atoms with Gasteiger partial charge < -0.3 is 20.1 Å². The Kier molecular flexibility index (Phi) is 6.70. The number of allylic oxidation sites excluding steroid dienone is 1. The summed E-state index contributed by atoms with van der Waals surface area (Å²) in [5, 5.41) is 6.65. The van der Waals surface area contributed by atoms with E-state index in [4.69, 9.17) is 9.47 Å². The molecule has 4 rings (SSSR count). The van der Waals surface area contributed by atoms with Gasteiger partial charge in [0.25, 0.3) is 0 Å². The molecule has 0 aromatic heterocycles. The quantitative estimate of drug-likeness (QED) is 0.768. The molecular weight excluding hydrogens is 409 g/mol. The highest BCUT2D eigenvalue weighted by molar-refractivity contribution is 6.03. The molecular formula is C20H24ClF3N2O3. The lowest BCUT2D eigenvalue weighted by atomic mass is 9.75. The van der Waals surface area contributed by atoms with Gasteiger partial charge in [0.1, 0.15) is 11.7 Å². The summed E-state index contributed by atoms with van der Waals surface area (Å²) in [5.74, 6) is -0.327. The first-order chi connectivity index (χ1) is 13.4. The Morgan fingerprint density at radius 1 is 1.07 bits per heavy atom. The van der Waals surface area contributed by atoms with Gasteiger partial charge in [-0.05, 0) is 29.3 Å². The molecule has 2 N–H and O–H groups in total. The fourth-order valence-corrected chi connectivity index (χ4v) is 4.40. The van der Waals surface area contributed by atoms with Crippen molar-refractivity contribution in [1.82, 2.24) is 10.6 Å². The van der Waals surface area contributed by atoms with E-state index in [2.05, 4.69) is 10.6 Å². The molecule has 2 heterocycles. The minimum absolute atomic E-state index is 0. The number of ketones is 1. The Balaban J connectivity index is 0.00000240. The Morgan fingerprint density at radius 3 is 2.38 bits per heavy atom. The summed E-state index contributed by atoms with van der Waals surface area (Å²) in [6.45, 7) is 3.63. The highest BCUT2D eigenvalue weighted by Gasteiger charge is 2.52. The number of benzene rings is 1. The van der Waals surface area contributed by atoms with Crippen LogP contribution in [0.2, 0.25) is 0 Å². The number of carbonyl (C=O) groups is 1. The summed E-state index contributed by atoms with van der Waals surface area (Å²) in [6.07, 6.45) is -2.83. The summed E-state index contributed by atoms with van der Waals surface area (Å²) in [4.78, 5) is 12.3. The Hall–Kier alpha value is -1.45. The van der Waals surface area contributed by atoms with Crippen molar-refractivity contribution in [3.8, 4) is 0 Å². The lowest BCUT2D eigenvalue weighted by Crippen LogP contribution is -2.65. The minimum atomic E-state index is -4.39. The Bertz CT molecular complexity index is 755. The maximum Gasteiger partial charge on any atom is 0.416 e. The zero-order valence-electron chi connectivity index (χ0n) is 15.8. The Morgan fingerprint density at radius 2 is 1.79 bits per heavy atom. The van der Waals surface area contributed by atoms with Crippen LogP contribution in [0.3, 0.4) is 0 Å². The number of hydrogen-bond acceptors (Lipinski definition) is 5. The SMILES string of the molecule is Cl.O=C1C=C(c2ccc(C(F)(F)F)cc2)C(C2(C3CNCCO3)CNCCO2)C1. The number of alkyl halides is 3. The number of hydrogen-bond donors (Lipinski definition) is 2. The van der Waals surface area contributed by atoms with Crippen LogP contribution in [0.4, 0.5) is 13.2 Å². The molecule has 3 atom stereocenters. The fraction of sp³-hybridized carbons (Fsp3) is 0.550. The number of carbonyl (C=O) groups excluding carboxylic acids is 1. The van der Waals surface area contributed by atoms with Gasteiger partial charge in [0, 0.05) is 38.5 Å². The molecule has 0 saturated carbocycles. The van der Waals surface area contributed by atoms with Crippen molar-refractivity contribution < 1.29 is 27.4 Å². The molecule has 1 aromatic carbocycles. The summed E-state index contributed by atoms with van der Waals surface area (Å²) < 4.78 is 51.0. The molecule has 0 spiro atoms. The van der Waals surface area contributed by atoms with Crippen LogP contribution in [-0.4, -0.2) is 56.9 Å². The molecule has 3 unspecified atom stereocenters. The van der Waals surface area contributed by atoms with E-state index in [1.807, 2.05) is 0 Å². The first-order valence-electron chi connectivity index (χ1n) is 9.49. The second kappa shape index (κ2) is 8.73. The smallest absolute Gasteiger partial charge is 0.372 e. The van der Waals surface area contributed by atoms with Gasteiger partial charge in [-0.3, -0.25) is 4.79 Å². The van der Waals surface area contributed by atoms with Crippen LogP contribution < -0.4 is 10.6 Å². The van der Waals surface area contributed by atoms with E-state index >= 15 is 0 Å². The third-order valence-electron chi connectivity index (χ3n) is 5.76. The number of halogens is 4. The number of nitrogens with one attached hydrogen (secondary N) is 2. The number of rotatable bonds is 3. The lowest BCUT2D eigenvalue weighted by Gasteiger charge is -2.49. The average molecular weight is 433 g/mol. The monoisotopic (exact) mass is 432 g/mol. The molecule has 0 amide bonds. The van der Waals surface area contributed by atoms with Crippen LogP contribution >= 0.6 is 12.4 Å². The number of morpholine rings is 2. The predicted molar refractivity (Wildman–Crippen MR) is 104 cm³/mol. The zero-order chi connectivity index (χ0) is 19.8. The summed E-state index contributed by atoms with van der Waals surface area (Å²) >= 11 is 0. The van der Waals surface area contributed by atoms with Gasteiger partial charge in [0.2, 0.25) is 0 Å². The third-order valence-corrected chi connectivity index (χ3v) is 5.76. The second-order valence-electron chi connectivity index (χ2n) is 7.44. The van der Waals surface area contributed by atoms with E-state index in [0.29, 0.717) is 38.4 Å². The van der Waals surface area contributed by atoms with Crippen molar-refractivity contribution in [2.75, 3.05) is 39.4 Å². The maximum atomic E-state index is 12.9. The van der Waals surface area contributed by atoms with E-state index in [0.717, 1.165) is 24.3 Å². The molecule has 2 fully saturated rings. The van der Waals surface area contributed by atoms with Gasteiger partial charge in [-0.25, -0.2) is 0 Å². The highest BCUT2D eigenvalue weighted by atomic mass is 35.5. The zero-order valence-corrected chi connectivity index (χ0v) is 16.6. The first-order valence-corrected chi connectivity index (χ1v) is 9.49. The van der Waals surface area contributed by atoms with Crippen molar-refractivity contribution in [3.05, 3.63) is 41.5 Å². The minimum Gasteiger partial charge on any atom is -0.372 e. The summed E-state index contributed by atoms with van der Waals surface area (Å²) in [7, 11) is 0. The van der Waals surface area contributed by atoms with Gasteiger partial charge in [-0.15, -0.1) is 12.4 Å². The molecule has 9 heteroatoms. The fourth-order valence-electron chi connectivity index (χ4n) is 4.40. The van der Waals surface area contributed by atoms with E-state index in [1.54, 1.807) is 6.08 Å². The summed E-state index contributed by atoms with van der Waals surface area (Å²) in [5.41, 5.74) is -0.118. The van der Waals surface area contributed by atoms with E-state index in [1.165, 1.54) is 12.1 Å². The van der Waals surface area contributed by atoms with E-state index in [9.17, 15) is 18.0 Å².